The van der Waals surface area contributed by atoms with Crippen molar-refractivity contribution in [1.29, 1.82) is 0 Å². The zero-order valence-corrected chi connectivity index (χ0v) is 14.6. The summed E-state index contributed by atoms with van der Waals surface area (Å²) >= 11 is 6.32. The number of allylic oxidation sites excluding steroid dienone is 1. The highest BCUT2D eigenvalue weighted by Gasteiger charge is 2.32. The van der Waals surface area contributed by atoms with Gasteiger partial charge in [0, 0.05) is 25.6 Å². The van der Waals surface area contributed by atoms with Crippen LogP contribution in [0.2, 0.25) is 0 Å². The van der Waals surface area contributed by atoms with Crippen LogP contribution in [0.4, 0.5) is 4.79 Å². The molecule has 0 radical (unpaired) electrons. The van der Waals surface area contributed by atoms with Gasteiger partial charge in [-0.05, 0) is 45.8 Å². The molecule has 1 fully saturated rings. The lowest BCUT2D eigenvalue weighted by Gasteiger charge is -2.35. The van der Waals surface area contributed by atoms with Crippen LogP contribution >= 0.6 is 11.6 Å². The summed E-state index contributed by atoms with van der Waals surface area (Å²) in [7, 11) is 0. The topological polar surface area (TPSA) is 57.2 Å². The monoisotopic (exact) mass is 338 g/mol. The molecule has 3 rings (SSSR count). The number of carbonyl (C=O) groups is 1. The van der Waals surface area contributed by atoms with E-state index in [1.54, 1.807) is 9.91 Å². The molecule has 1 amide bonds. The Hall–Kier alpha value is -1.53. The van der Waals surface area contributed by atoms with Crippen LogP contribution in [-0.4, -0.2) is 46.9 Å². The lowest BCUT2D eigenvalue weighted by molar-refractivity contribution is 0.0194. The minimum absolute atomic E-state index is 0.189. The fourth-order valence-electron chi connectivity index (χ4n) is 2.95. The first-order chi connectivity index (χ1) is 10.8. The predicted octanol–water partition coefficient (Wildman–Crippen LogP) is 2.83. The molecule has 3 aliphatic rings. The number of hydrogen-bond acceptors (Lipinski definition) is 5. The molecule has 1 saturated heterocycles. The number of ether oxygens (including phenoxy) is 1. The summed E-state index contributed by atoms with van der Waals surface area (Å²) in [5, 5.41) is 2.40. The number of nitrogens with one attached hydrogen (secondary N) is 1. The third kappa shape index (κ3) is 3.70. The third-order valence-corrected chi connectivity index (χ3v) is 4.26. The second kappa shape index (κ2) is 6.17. The van der Waals surface area contributed by atoms with E-state index in [1.807, 2.05) is 32.9 Å². The van der Waals surface area contributed by atoms with E-state index in [0.29, 0.717) is 11.7 Å². The van der Waals surface area contributed by atoms with Crippen LogP contribution in [0.25, 0.3) is 0 Å². The van der Waals surface area contributed by atoms with Gasteiger partial charge in [0.05, 0.1) is 5.71 Å². The molecule has 0 aromatic carbocycles. The van der Waals surface area contributed by atoms with Gasteiger partial charge in [0.1, 0.15) is 16.6 Å². The van der Waals surface area contributed by atoms with Crippen LogP contribution in [0, 0.1) is 5.92 Å². The van der Waals surface area contributed by atoms with Crippen LogP contribution in [0.1, 0.15) is 33.6 Å². The van der Waals surface area contributed by atoms with E-state index < -0.39 is 5.60 Å². The number of aliphatic imine (C=N–C) groups is 1. The van der Waals surface area contributed by atoms with Gasteiger partial charge in [-0.3, -0.25) is 0 Å². The van der Waals surface area contributed by atoms with Crippen molar-refractivity contribution in [3.8, 4) is 0 Å². The van der Waals surface area contributed by atoms with Crippen molar-refractivity contribution in [1.82, 2.24) is 15.3 Å². The number of nitrogens with zero attached hydrogens (tertiary/aromatic N) is 3. The maximum Gasteiger partial charge on any atom is 0.410 e. The van der Waals surface area contributed by atoms with Gasteiger partial charge in [-0.1, -0.05) is 11.6 Å². The highest BCUT2D eigenvalue weighted by molar-refractivity contribution is 6.31. The Balaban J connectivity index is 1.71. The van der Waals surface area contributed by atoms with Crippen molar-refractivity contribution in [2.45, 2.75) is 39.2 Å². The Morgan fingerprint density at radius 1 is 1.48 bits per heavy atom. The van der Waals surface area contributed by atoms with E-state index >= 15 is 0 Å². The highest BCUT2D eigenvalue weighted by Crippen LogP contribution is 2.28. The van der Waals surface area contributed by atoms with Gasteiger partial charge in [0.25, 0.3) is 0 Å². The first-order valence-corrected chi connectivity index (χ1v) is 8.39. The number of amides is 1. The molecular formula is C16H23ClN4O2. The lowest BCUT2D eigenvalue weighted by Crippen LogP contribution is -2.45. The first-order valence-electron chi connectivity index (χ1n) is 8.01. The fraction of sp³-hybridized carbons (Fsp3) is 0.625. The van der Waals surface area contributed by atoms with Gasteiger partial charge in [0.15, 0.2) is 0 Å². The predicted molar refractivity (Wildman–Crippen MR) is 89.8 cm³/mol. The number of fused-ring (bicyclic) bond motifs is 1. The summed E-state index contributed by atoms with van der Waals surface area (Å²) in [6.07, 6.45) is 5.58. The molecule has 0 aromatic heterocycles. The van der Waals surface area contributed by atoms with E-state index in [1.165, 1.54) is 0 Å². The molecule has 0 aliphatic carbocycles. The molecule has 7 heteroatoms. The number of hydrazine groups is 1. The minimum Gasteiger partial charge on any atom is -0.444 e. The number of rotatable bonds is 1. The van der Waals surface area contributed by atoms with Gasteiger partial charge < -0.3 is 9.64 Å². The Morgan fingerprint density at radius 2 is 2.26 bits per heavy atom. The number of carbonyl (C=O) groups excluding carboxylic acids is 1. The van der Waals surface area contributed by atoms with Crippen molar-refractivity contribution in [2.24, 2.45) is 10.9 Å². The summed E-state index contributed by atoms with van der Waals surface area (Å²) in [5.74, 6) is 1.02. The second-order valence-electron chi connectivity index (χ2n) is 7.03. The zero-order valence-electron chi connectivity index (χ0n) is 13.8. The molecule has 1 unspecified atom stereocenters. The molecule has 0 bridgehead atoms. The van der Waals surface area contributed by atoms with E-state index in [4.69, 9.17) is 16.3 Å². The van der Waals surface area contributed by atoms with Crippen molar-refractivity contribution < 1.29 is 9.53 Å². The molecule has 1 atom stereocenters. The largest absolute Gasteiger partial charge is 0.444 e. The van der Waals surface area contributed by atoms with Crippen molar-refractivity contribution in [3.05, 3.63) is 23.1 Å². The molecule has 3 aliphatic heterocycles. The van der Waals surface area contributed by atoms with Gasteiger partial charge >= 0.3 is 6.09 Å². The first kappa shape index (κ1) is 16.3. The summed E-state index contributed by atoms with van der Waals surface area (Å²) in [6.45, 7) is 7.73. The van der Waals surface area contributed by atoms with E-state index in [-0.39, 0.29) is 12.0 Å². The summed E-state index contributed by atoms with van der Waals surface area (Å²) in [4.78, 5) is 18.7. The summed E-state index contributed by atoms with van der Waals surface area (Å²) in [6, 6.07) is 0. The molecular weight excluding hydrogens is 316 g/mol. The summed E-state index contributed by atoms with van der Waals surface area (Å²) < 4.78 is 5.48. The molecule has 0 aromatic rings. The third-order valence-electron chi connectivity index (χ3n) is 3.98. The Morgan fingerprint density at radius 3 is 3.00 bits per heavy atom. The van der Waals surface area contributed by atoms with Gasteiger partial charge in [0.2, 0.25) is 0 Å². The summed E-state index contributed by atoms with van der Waals surface area (Å²) in [5.41, 5.74) is 3.60. The van der Waals surface area contributed by atoms with Crippen molar-refractivity contribution in [2.75, 3.05) is 19.6 Å². The van der Waals surface area contributed by atoms with E-state index in [0.717, 1.165) is 37.5 Å². The Labute approximate surface area is 141 Å². The molecule has 0 spiro atoms. The van der Waals surface area contributed by atoms with Gasteiger partial charge in [-0.25, -0.2) is 20.2 Å². The van der Waals surface area contributed by atoms with Gasteiger partial charge in [-0.2, -0.15) is 0 Å². The Bertz CT molecular complexity index is 591. The van der Waals surface area contributed by atoms with Crippen molar-refractivity contribution in [3.63, 3.8) is 0 Å². The van der Waals surface area contributed by atoms with Crippen molar-refractivity contribution >= 4 is 23.4 Å². The molecule has 6 nitrogen and oxygen atoms in total. The molecule has 0 saturated carbocycles. The smallest absolute Gasteiger partial charge is 0.410 e. The van der Waals surface area contributed by atoms with Crippen LogP contribution in [0.5, 0.6) is 0 Å². The average Bonchev–Trinajstić information content (AvgIpc) is 2.94. The van der Waals surface area contributed by atoms with Crippen LogP contribution in [0.3, 0.4) is 0 Å². The lowest BCUT2D eigenvalue weighted by atomic mass is 9.92. The van der Waals surface area contributed by atoms with Crippen LogP contribution in [0.15, 0.2) is 28.1 Å². The maximum absolute atomic E-state index is 12.3. The second-order valence-corrected chi connectivity index (χ2v) is 7.42. The zero-order chi connectivity index (χ0) is 16.6. The number of hydrogen-bond donors (Lipinski definition) is 1. The Kier molecular flexibility index (Phi) is 4.38. The van der Waals surface area contributed by atoms with Crippen LogP contribution < -0.4 is 5.43 Å². The van der Waals surface area contributed by atoms with Crippen LogP contribution in [-0.2, 0) is 4.74 Å². The molecule has 126 valence electrons. The molecule has 3 heterocycles. The standard InChI is InChI=1S/C16H23ClN4O2/c1-16(2,3)23-15(22)20-8-4-5-11(10-20)12-9-13(17)21-14(19-12)6-7-18-21/h6,9,11,18H,4-5,7-8,10H2,1-3H3. The highest BCUT2D eigenvalue weighted by atomic mass is 35.5. The van der Waals surface area contributed by atoms with E-state index in [2.05, 4.69) is 10.4 Å². The number of piperidine rings is 1. The quantitative estimate of drug-likeness (QED) is 0.747. The fourth-order valence-corrected chi connectivity index (χ4v) is 3.21. The molecule has 1 N–H and O–H groups in total. The SMILES string of the molecule is CC(C)(C)OC(=O)N1CCCC(C2=NC3=CCNN3C(Cl)=C2)C1. The number of likely N-dealkylation sites (tertiary alicyclic amines) is 1. The number of halogens is 1. The average molecular weight is 339 g/mol. The normalized spacial score (nSPS) is 24.7. The van der Waals surface area contributed by atoms with Gasteiger partial charge in [-0.15, -0.1) is 0 Å². The van der Waals surface area contributed by atoms with E-state index in [9.17, 15) is 4.79 Å². The minimum atomic E-state index is -0.476. The molecule has 23 heavy (non-hydrogen) atoms. The maximum atomic E-state index is 12.3.